The van der Waals surface area contributed by atoms with Crippen molar-refractivity contribution >= 4 is 45.8 Å². The Morgan fingerprint density at radius 2 is 1.29 bits per heavy atom. The third-order valence-electron chi connectivity index (χ3n) is 6.16. The van der Waals surface area contributed by atoms with Gasteiger partial charge >= 0.3 is 40.1 Å². The number of hydrogen-bond acceptors (Lipinski definition) is 15. The van der Waals surface area contributed by atoms with Crippen molar-refractivity contribution < 1.29 is 70.6 Å². The van der Waals surface area contributed by atoms with Crippen LogP contribution in [0, 0.1) is 10.1 Å². The van der Waals surface area contributed by atoms with E-state index in [1.807, 2.05) is 0 Å². The normalized spacial score (nSPS) is 12.8. The number of phosphoric ester groups is 1. The molecule has 0 aromatic heterocycles. The third-order valence-corrected chi connectivity index (χ3v) is 7.48. The summed E-state index contributed by atoms with van der Waals surface area (Å²) in [6.45, 7) is 1.73. The molecule has 0 bridgehead atoms. The van der Waals surface area contributed by atoms with Gasteiger partial charge in [0, 0.05) is 52.4 Å². The number of nitro benzene ring substituents is 1. The van der Waals surface area contributed by atoms with Gasteiger partial charge in [0.2, 0.25) is 0 Å². The van der Waals surface area contributed by atoms with Crippen LogP contribution in [0.3, 0.4) is 0 Å². The van der Waals surface area contributed by atoms with E-state index in [-0.39, 0.29) is 50.6 Å². The Hall–Kier alpha value is -3.49. The molecule has 288 valence electrons. The lowest BCUT2D eigenvalue weighted by Crippen LogP contribution is -2.41. The molecule has 4 amide bonds. The lowest BCUT2D eigenvalue weighted by molar-refractivity contribution is -0.386. The summed E-state index contributed by atoms with van der Waals surface area (Å²) >= 11 is 0. The molecule has 0 fully saturated rings. The van der Waals surface area contributed by atoms with E-state index in [9.17, 15) is 43.3 Å². The number of carbonyl (C=O) groups is 4. The molecule has 0 saturated carbocycles. The molecule has 2 unspecified atom stereocenters. The number of benzene rings is 1. The number of phosphoric acid groups is 1. The van der Waals surface area contributed by atoms with Crippen LogP contribution in [0.5, 0.6) is 0 Å². The lowest BCUT2D eigenvalue weighted by Gasteiger charge is -2.20. The van der Waals surface area contributed by atoms with Gasteiger partial charge in [0.25, 0.3) is 5.69 Å². The standard InChI is InChI=1S/C28H45N5O16P2/c1-29-25(34)26(35)30-9-4-12-43-16-18-46-19-17-44-13-5-10-31-27(36)28(37)32-11-15-45-20-21-48-51(41,42)49-24(8-14-47-50-40)22-6-2-3-7-23(22)33(38)39/h2-3,6-7,24H,4-5,8-21H2,1H3,(H,29,34)(H,30,35)(H,31,36)(H,32,37)(H,41,42). The number of para-hydroxylation sites is 1. The molecular weight excluding hydrogens is 724 g/mol. The minimum absolute atomic E-state index is 0.00281. The van der Waals surface area contributed by atoms with E-state index >= 15 is 0 Å². The van der Waals surface area contributed by atoms with Crippen LogP contribution in [0.2, 0.25) is 0 Å². The van der Waals surface area contributed by atoms with Gasteiger partial charge in [-0.3, -0.25) is 42.9 Å². The summed E-state index contributed by atoms with van der Waals surface area (Å²) in [6, 6.07) is 5.45. The molecule has 1 rings (SSSR count). The molecule has 0 heterocycles. The smallest absolute Gasteiger partial charge is 0.379 e. The summed E-state index contributed by atoms with van der Waals surface area (Å²) in [5.74, 6) is -3.12. The van der Waals surface area contributed by atoms with Crippen molar-refractivity contribution in [2.75, 3.05) is 92.8 Å². The number of amides is 4. The maximum atomic E-state index is 12.5. The minimum atomic E-state index is -4.73. The first kappa shape index (κ1) is 45.5. The topological polar surface area (TPSA) is 279 Å². The van der Waals surface area contributed by atoms with Crippen LogP contribution in [0.1, 0.15) is 30.9 Å². The SMILES string of the molecule is CNC(=O)C(=O)NCCCOCCOCCOCCCNC(=O)C(=O)NCCOCCOP(=O)(O)OC(CCOP=O)c1ccccc1[N+](=O)[O-]. The molecule has 2 atom stereocenters. The molecule has 1 aromatic carbocycles. The summed E-state index contributed by atoms with van der Waals surface area (Å²) in [6.07, 6.45) is -0.431. The van der Waals surface area contributed by atoms with Crippen LogP contribution in [-0.4, -0.2) is 126 Å². The van der Waals surface area contributed by atoms with E-state index in [0.29, 0.717) is 59.0 Å². The summed E-state index contributed by atoms with van der Waals surface area (Å²) in [5.41, 5.74) is -0.356. The van der Waals surface area contributed by atoms with Crippen LogP contribution in [0.25, 0.3) is 0 Å². The van der Waals surface area contributed by atoms with Crippen molar-refractivity contribution in [1.82, 2.24) is 21.3 Å². The summed E-state index contributed by atoms with van der Waals surface area (Å²) in [7, 11) is -4.00. The number of likely N-dealkylation sites (N-methyl/N-ethyl adjacent to an activating group) is 1. The second-order valence-electron chi connectivity index (χ2n) is 9.91. The average molecular weight is 770 g/mol. The average Bonchev–Trinajstić information content (AvgIpc) is 3.11. The number of nitrogens with zero attached hydrogens (tertiary/aromatic N) is 1. The van der Waals surface area contributed by atoms with Crippen LogP contribution in [0.4, 0.5) is 5.69 Å². The van der Waals surface area contributed by atoms with Crippen LogP contribution in [-0.2, 0) is 60.8 Å². The highest BCUT2D eigenvalue weighted by atomic mass is 31.2. The molecule has 21 nitrogen and oxygen atoms in total. The summed E-state index contributed by atoms with van der Waals surface area (Å²) in [4.78, 5) is 67.0. The predicted octanol–water partition coefficient (Wildman–Crippen LogP) is 0.324. The van der Waals surface area contributed by atoms with Crippen LogP contribution in [0.15, 0.2) is 24.3 Å². The highest BCUT2D eigenvalue weighted by molar-refractivity contribution is 7.47. The van der Waals surface area contributed by atoms with Crippen LogP contribution < -0.4 is 21.3 Å². The molecule has 23 heteroatoms. The van der Waals surface area contributed by atoms with Crippen LogP contribution >= 0.6 is 16.5 Å². The maximum Gasteiger partial charge on any atom is 0.472 e. The van der Waals surface area contributed by atoms with E-state index in [1.165, 1.54) is 31.3 Å². The first-order valence-corrected chi connectivity index (χ1v) is 18.0. The maximum absolute atomic E-state index is 12.5. The van der Waals surface area contributed by atoms with Crippen molar-refractivity contribution in [2.24, 2.45) is 0 Å². The Bertz CT molecular complexity index is 1280. The minimum Gasteiger partial charge on any atom is -0.379 e. The second-order valence-corrected chi connectivity index (χ2v) is 11.7. The van der Waals surface area contributed by atoms with Gasteiger partial charge < -0.3 is 45.1 Å². The van der Waals surface area contributed by atoms with Crippen molar-refractivity contribution in [2.45, 2.75) is 25.4 Å². The predicted molar refractivity (Wildman–Crippen MR) is 176 cm³/mol. The largest absolute Gasteiger partial charge is 0.472 e. The summed E-state index contributed by atoms with van der Waals surface area (Å²) < 4.78 is 59.1. The molecule has 0 saturated heterocycles. The van der Waals surface area contributed by atoms with Gasteiger partial charge in [0.1, 0.15) is 6.10 Å². The van der Waals surface area contributed by atoms with E-state index in [4.69, 9.17) is 32.5 Å². The molecule has 1 aromatic rings. The number of rotatable bonds is 29. The van der Waals surface area contributed by atoms with Gasteiger partial charge in [-0.05, 0) is 18.9 Å². The molecule has 0 radical (unpaired) electrons. The second kappa shape index (κ2) is 28.1. The molecule has 5 N–H and O–H groups in total. The van der Waals surface area contributed by atoms with Gasteiger partial charge in [-0.25, -0.2) is 9.13 Å². The van der Waals surface area contributed by atoms with Gasteiger partial charge in [-0.1, -0.05) is 12.1 Å². The fraction of sp³-hybridized carbons (Fsp3) is 0.643. The van der Waals surface area contributed by atoms with E-state index < -0.39 is 57.8 Å². The van der Waals surface area contributed by atoms with E-state index in [2.05, 4.69) is 21.3 Å². The number of hydrogen-bond donors (Lipinski definition) is 5. The van der Waals surface area contributed by atoms with Crippen molar-refractivity contribution in [1.29, 1.82) is 0 Å². The third kappa shape index (κ3) is 22.1. The zero-order valence-electron chi connectivity index (χ0n) is 28.1. The van der Waals surface area contributed by atoms with Crippen molar-refractivity contribution in [3.63, 3.8) is 0 Å². The zero-order chi connectivity index (χ0) is 37.7. The first-order valence-electron chi connectivity index (χ1n) is 15.7. The molecule has 0 spiro atoms. The molecule has 0 aliphatic heterocycles. The molecule has 51 heavy (non-hydrogen) atoms. The summed E-state index contributed by atoms with van der Waals surface area (Å²) in [5, 5.41) is 20.9. The Labute approximate surface area is 295 Å². The fourth-order valence-corrected chi connectivity index (χ4v) is 4.86. The van der Waals surface area contributed by atoms with E-state index in [0.717, 1.165) is 0 Å². The molecule has 0 aliphatic rings. The van der Waals surface area contributed by atoms with E-state index in [1.54, 1.807) is 0 Å². The first-order chi connectivity index (χ1) is 24.5. The Kier molecular flexibility index (Phi) is 25.1. The van der Waals surface area contributed by atoms with Gasteiger partial charge in [-0.2, -0.15) is 0 Å². The number of nitrogens with one attached hydrogen (secondary N) is 4. The Morgan fingerprint density at radius 1 is 0.784 bits per heavy atom. The number of carbonyl (C=O) groups excluding carboxylic acids is 4. The quantitative estimate of drug-likeness (QED) is 0.0241. The Morgan fingerprint density at radius 3 is 1.86 bits per heavy atom. The number of ether oxygens (including phenoxy) is 4. The van der Waals surface area contributed by atoms with Crippen molar-refractivity contribution in [3.05, 3.63) is 39.9 Å². The molecular formula is C28H45N5O16P2. The highest BCUT2D eigenvalue weighted by Gasteiger charge is 2.31. The Balaban J connectivity index is 2.08. The number of nitro groups is 1. The molecule has 0 aliphatic carbocycles. The zero-order valence-corrected chi connectivity index (χ0v) is 29.9. The monoisotopic (exact) mass is 769 g/mol. The van der Waals surface area contributed by atoms with Gasteiger partial charge in [-0.15, -0.1) is 0 Å². The van der Waals surface area contributed by atoms with Gasteiger partial charge in [0.05, 0.1) is 63.3 Å². The van der Waals surface area contributed by atoms with Gasteiger partial charge in [0.15, 0.2) is 0 Å². The lowest BCUT2D eigenvalue weighted by atomic mass is 10.1. The van der Waals surface area contributed by atoms with Crippen molar-refractivity contribution in [3.8, 4) is 0 Å². The fourth-order valence-electron chi connectivity index (χ4n) is 3.78. The highest BCUT2D eigenvalue weighted by Crippen LogP contribution is 2.49.